The Morgan fingerprint density at radius 2 is 1.89 bits per heavy atom. The molecule has 0 radical (unpaired) electrons. The van der Waals surface area contributed by atoms with E-state index < -0.39 is 12.0 Å². The molecule has 1 aliphatic rings. The van der Waals surface area contributed by atoms with Crippen LogP contribution in [0.2, 0.25) is 0 Å². The molecular formula is C27H22N2O3S3. The Bertz CT molecular complexity index is 1570. The second kappa shape index (κ2) is 10.2. The zero-order chi connectivity index (χ0) is 24.4. The normalized spacial score (nSPS) is 15.6. The van der Waals surface area contributed by atoms with E-state index in [4.69, 9.17) is 9.73 Å². The molecule has 0 saturated carbocycles. The van der Waals surface area contributed by atoms with Gasteiger partial charge in [-0.1, -0.05) is 59.9 Å². The van der Waals surface area contributed by atoms with Crippen LogP contribution in [-0.2, 0) is 9.53 Å². The standard InChI is InChI=1S/C27H22N2O3S3/c1-3-32-26(31)22-23(17-8-5-4-6-9-17)28-27-29(24(22)18-11-13-19(33-2)14-12-18)25(30)21(35-27)16-20-10-7-15-34-20/h4-16,24H,3H2,1-2H3/b21-16-/t24-/m0/s1. The average Bonchev–Trinajstić information content (AvgIpc) is 3.51. The van der Waals surface area contributed by atoms with Crippen molar-refractivity contribution in [2.24, 2.45) is 4.99 Å². The summed E-state index contributed by atoms with van der Waals surface area (Å²) in [5.74, 6) is -0.471. The van der Waals surface area contributed by atoms with Gasteiger partial charge >= 0.3 is 5.97 Å². The van der Waals surface area contributed by atoms with E-state index in [1.165, 1.54) is 11.3 Å². The number of carbonyl (C=O) groups excluding carboxylic acids is 1. The highest BCUT2D eigenvalue weighted by atomic mass is 32.2. The van der Waals surface area contributed by atoms with Gasteiger partial charge in [-0.05, 0) is 48.4 Å². The summed E-state index contributed by atoms with van der Waals surface area (Å²) >= 11 is 4.54. The zero-order valence-electron chi connectivity index (χ0n) is 19.1. The second-order valence-electron chi connectivity index (χ2n) is 7.72. The minimum Gasteiger partial charge on any atom is -0.463 e. The van der Waals surface area contributed by atoms with E-state index in [9.17, 15) is 9.59 Å². The third kappa shape index (κ3) is 4.57. The molecule has 176 valence electrons. The number of thiophene rings is 1. The molecule has 0 N–H and O–H groups in total. The summed E-state index contributed by atoms with van der Waals surface area (Å²) in [4.78, 5) is 34.6. The molecule has 3 heterocycles. The molecule has 0 unspecified atom stereocenters. The molecule has 1 atom stereocenters. The fourth-order valence-corrected chi connectivity index (χ4v) is 6.18. The van der Waals surface area contributed by atoms with Crippen LogP contribution in [0.4, 0.5) is 0 Å². The number of thiazole rings is 1. The van der Waals surface area contributed by atoms with Crippen LogP contribution in [0.3, 0.4) is 0 Å². The van der Waals surface area contributed by atoms with Crippen molar-refractivity contribution in [3.63, 3.8) is 0 Å². The Kier molecular flexibility index (Phi) is 6.86. The van der Waals surface area contributed by atoms with E-state index in [0.29, 0.717) is 20.6 Å². The quantitative estimate of drug-likeness (QED) is 0.274. The monoisotopic (exact) mass is 518 g/mol. The number of esters is 1. The van der Waals surface area contributed by atoms with Crippen LogP contribution in [0, 0.1) is 0 Å². The lowest BCUT2D eigenvalue weighted by Crippen LogP contribution is -2.39. The Hall–Kier alpha value is -3.20. The first-order valence-electron chi connectivity index (χ1n) is 11.1. The summed E-state index contributed by atoms with van der Waals surface area (Å²) in [6.45, 7) is 2.00. The van der Waals surface area contributed by atoms with Crippen molar-refractivity contribution in [1.29, 1.82) is 0 Å². The van der Waals surface area contributed by atoms with Gasteiger partial charge < -0.3 is 4.74 Å². The highest BCUT2D eigenvalue weighted by Gasteiger charge is 2.35. The van der Waals surface area contributed by atoms with Gasteiger partial charge in [-0.25, -0.2) is 9.79 Å². The van der Waals surface area contributed by atoms with Gasteiger partial charge in [-0.3, -0.25) is 9.36 Å². The summed E-state index contributed by atoms with van der Waals surface area (Å²) in [5.41, 5.74) is 2.36. The summed E-state index contributed by atoms with van der Waals surface area (Å²) in [7, 11) is 0. The molecule has 5 nitrogen and oxygen atoms in total. The Balaban J connectivity index is 1.83. The predicted molar refractivity (Wildman–Crippen MR) is 144 cm³/mol. The summed E-state index contributed by atoms with van der Waals surface area (Å²) in [6, 6.07) is 20.8. The van der Waals surface area contributed by atoms with Crippen molar-refractivity contribution in [2.75, 3.05) is 12.9 Å². The van der Waals surface area contributed by atoms with Crippen molar-refractivity contribution in [2.45, 2.75) is 17.9 Å². The van der Waals surface area contributed by atoms with E-state index in [2.05, 4.69) is 0 Å². The molecule has 0 amide bonds. The minimum absolute atomic E-state index is 0.171. The number of carbonyl (C=O) groups is 1. The zero-order valence-corrected chi connectivity index (χ0v) is 21.6. The second-order valence-corrected chi connectivity index (χ2v) is 10.6. The number of ether oxygens (including phenoxy) is 1. The summed E-state index contributed by atoms with van der Waals surface area (Å²) in [6.07, 6.45) is 3.90. The van der Waals surface area contributed by atoms with Crippen LogP contribution >= 0.6 is 34.4 Å². The van der Waals surface area contributed by atoms with E-state index in [1.807, 2.05) is 84.4 Å². The molecule has 0 spiro atoms. The molecule has 5 rings (SSSR count). The number of benzene rings is 2. The van der Waals surface area contributed by atoms with E-state index >= 15 is 0 Å². The molecule has 8 heteroatoms. The smallest absolute Gasteiger partial charge is 0.338 e. The highest BCUT2D eigenvalue weighted by molar-refractivity contribution is 7.98. The molecule has 2 aromatic heterocycles. The fraction of sp³-hybridized carbons (Fsp3) is 0.148. The van der Waals surface area contributed by atoms with Gasteiger partial charge in [0, 0.05) is 15.3 Å². The van der Waals surface area contributed by atoms with E-state index in [1.54, 1.807) is 34.6 Å². The van der Waals surface area contributed by atoms with Gasteiger partial charge in [0.05, 0.1) is 28.5 Å². The predicted octanol–water partition coefficient (Wildman–Crippen LogP) is 4.72. The van der Waals surface area contributed by atoms with Crippen LogP contribution < -0.4 is 14.9 Å². The Morgan fingerprint density at radius 1 is 1.11 bits per heavy atom. The first-order valence-corrected chi connectivity index (χ1v) is 14.0. The molecule has 1 aliphatic heterocycles. The fourth-order valence-electron chi connectivity index (χ4n) is 4.04. The summed E-state index contributed by atoms with van der Waals surface area (Å²) in [5, 5.41) is 1.98. The molecule has 4 aromatic rings. The number of thioether (sulfide) groups is 1. The molecule has 0 aliphatic carbocycles. The maximum atomic E-state index is 13.7. The third-order valence-corrected chi connectivity index (χ3v) is 8.17. The Morgan fingerprint density at radius 3 is 2.54 bits per heavy atom. The molecule has 0 fully saturated rings. The number of fused-ring (bicyclic) bond motifs is 1. The number of rotatable bonds is 6. The van der Waals surface area contributed by atoms with E-state index in [0.717, 1.165) is 20.9 Å². The van der Waals surface area contributed by atoms with Crippen molar-refractivity contribution < 1.29 is 9.53 Å². The van der Waals surface area contributed by atoms with Gasteiger partial charge in [0.25, 0.3) is 5.56 Å². The largest absolute Gasteiger partial charge is 0.463 e. The van der Waals surface area contributed by atoms with Crippen LogP contribution in [0.5, 0.6) is 0 Å². The number of aromatic nitrogens is 1. The summed E-state index contributed by atoms with van der Waals surface area (Å²) < 4.78 is 7.71. The average molecular weight is 519 g/mol. The van der Waals surface area contributed by atoms with Crippen molar-refractivity contribution in [1.82, 2.24) is 4.57 Å². The first kappa shape index (κ1) is 23.5. The maximum Gasteiger partial charge on any atom is 0.338 e. The van der Waals surface area contributed by atoms with Crippen LogP contribution in [0.1, 0.15) is 29.0 Å². The van der Waals surface area contributed by atoms with Gasteiger partial charge in [0.2, 0.25) is 0 Å². The van der Waals surface area contributed by atoms with Gasteiger partial charge in [0.15, 0.2) is 4.80 Å². The number of hydrogen-bond acceptors (Lipinski definition) is 7. The number of nitrogens with zero attached hydrogens (tertiary/aromatic N) is 2. The minimum atomic E-state index is -0.651. The maximum absolute atomic E-state index is 13.7. The highest BCUT2D eigenvalue weighted by Crippen LogP contribution is 2.35. The van der Waals surface area contributed by atoms with Crippen molar-refractivity contribution in [3.8, 4) is 0 Å². The molecule has 2 aromatic carbocycles. The topological polar surface area (TPSA) is 60.7 Å². The van der Waals surface area contributed by atoms with Gasteiger partial charge in [0.1, 0.15) is 0 Å². The molecule has 35 heavy (non-hydrogen) atoms. The number of hydrogen-bond donors (Lipinski definition) is 0. The lowest BCUT2D eigenvalue weighted by atomic mass is 9.93. The van der Waals surface area contributed by atoms with Crippen molar-refractivity contribution >= 4 is 52.2 Å². The van der Waals surface area contributed by atoms with Crippen LogP contribution in [0.25, 0.3) is 11.8 Å². The Labute approximate surface area is 214 Å². The van der Waals surface area contributed by atoms with E-state index in [-0.39, 0.29) is 12.2 Å². The molecule has 0 saturated heterocycles. The molecule has 0 bridgehead atoms. The molecular weight excluding hydrogens is 497 g/mol. The van der Waals surface area contributed by atoms with Crippen LogP contribution in [-0.4, -0.2) is 23.4 Å². The lowest BCUT2D eigenvalue weighted by Gasteiger charge is -2.26. The van der Waals surface area contributed by atoms with Crippen molar-refractivity contribution in [3.05, 3.63) is 113 Å². The van der Waals surface area contributed by atoms with Crippen LogP contribution in [0.15, 0.2) is 92.4 Å². The SMILES string of the molecule is CCOC(=O)C1=C(c2ccccc2)N=c2s/c(=C\c3cccs3)c(=O)n2[C@H]1c1ccc(SC)cc1. The first-order chi connectivity index (χ1) is 17.1. The lowest BCUT2D eigenvalue weighted by molar-refractivity contribution is -0.138. The third-order valence-electron chi connectivity index (χ3n) is 5.62. The van der Waals surface area contributed by atoms with Gasteiger partial charge in [-0.2, -0.15) is 0 Å². The van der Waals surface area contributed by atoms with Gasteiger partial charge in [-0.15, -0.1) is 23.1 Å².